The van der Waals surface area contributed by atoms with Gasteiger partial charge < -0.3 is 10.1 Å². The molecule has 1 aliphatic rings. The second-order valence-electron chi connectivity index (χ2n) is 5.98. The molecule has 0 bridgehead atoms. The Morgan fingerprint density at radius 1 is 1.25 bits per heavy atom. The molecule has 1 N–H and O–H groups in total. The van der Waals surface area contributed by atoms with Crippen LogP contribution in [0, 0.1) is 11.8 Å². The predicted molar refractivity (Wildman–Crippen MR) is 85.3 cm³/mol. The second kappa shape index (κ2) is 6.93. The van der Waals surface area contributed by atoms with Gasteiger partial charge in [-0.2, -0.15) is 0 Å². The summed E-state index contributed by atoms with van der Waals surface area (Å²) >= 11 is 6.10. The van der Waals surface area contributed by atoms with E-state index in [9.17, 15) is 0 Å². The minimum Gasteiger partial charge on any atom is -0.375 e. The standard InChI is InChI=1S/C17H26ClNO/c1-5-19-16(10-14-7-6-8-15(18)9-14)17-11(2)12(3)20-13(17)4/h6-9,11-13,16-17,19H,5,10H2,1-4H3. The lowest BCUT2D eigenvalue weighted by Gasteiger charge is -2.30. The predicted octanol–water partition coefficient (Wildman–Crippen LogP) is 3.92. The third kappa shape index (κ3) is 3.55. The quantitative estimate of drug-likeness (QED) is 0.889. The Labute approximate surface area is 127 Å². The Balaban J connectivity index is 2.14. The monoisotopic (exact) mass is 295 g/mol. The molecule has 0 aliphatic carbocycles. The zero-order valence-electron chi connectivity index (χ0n) is 12.9. The van der Waals surface area contributed by atoms with E-state index in [-0.39, 0.29) is 0 Å². The molecule has 0 saturated carbocycles. The molecule has 20 heavy (non-hydrogen) atoms. The fourth-order valence-corrected chi connectivity index (χ4v) is 3.72. The molecule has 1 fully saturated rings. The molecule has 2 rings (SSSR count). The van der Waals surface area contributed by atoms with Gasteiger partial charge in [-0.05, 0) is 50.4 Å². The lowest BCUT2D eigenvalue weighted by atomic mass is 9.81. The van der Waals surface area contributed by atoms with Crippen LogP contribution in [0.1, 0.15) is 33.3 Å². The SMILES string of the molecule is CCNC(Cc1cccc(Cl)c1)C1C(C)OC(C)C1C. The number of hydrogen-bond donors (Lipinski definition) is 1. The van der Waals surface area contributed by atoms with Gasteiger partial charge in [0, 0.05) is 17.0 Å². The molecule has 1 aromatic carbocycles. The molecular weight excluding hydrogens is 270 g/mol. The van der Waals surface area contributed by atoms with Crippen LogP contribution < -0.4 is 5.32 Å². The van der Waals surface area contributed by atoms with Crippen molar-refractivity contribution in [2.24, 2.45) is 11.8 Å². The second-order valence-corrected chi connectivity index (χ2v) is 6.42. The first-order valence-corrected chi connectivity index (χ1v) is 8.04. The highest BCUT2D eigenvalue weighted by molar-refractivity contribution is 6.30. The maximum atomic E-state index is 6.10. The van der Waals surface area contributed by atoms with Gasteiger partial charge in [0.15, 0.2) is 0 Å². The van der Waals surface area contributed by atoms with Gasteiger partial charge in [0.25, 0.3) is 0 Å². The molecule has 5 unspecified atom stereocenters. The number of benzene rings is 1. The van der Waals surface area contributed by atoms with Gasteiger partial charge in [-0.1, -0.05) is 37.6 Å². The van der Waals surface area contributed by atoms with E-state index < -0.39 is 0 Å². The number of nitrogens with one attached hydrogen (secondary N) is 1. The van der Waals surface area contributed by atoms with E-state index in [0.717, 1.165) is 18.0 Å². The number of hydrogen-bond acceptors (Lipinski definition) is 2. The van der Waals surface area contributed by atoms with Gasteiger partial charge in [0.05, 0.1) is 12.2 Å². The third-order valence-electron chi connectivity index (χ3n) is 4.59. The van der Waals surface area contributed by atoms with E-state index in [2.05, 4.69) is 45.1 Å². The van der Waals surface area contributed by atoms with Crippen LogP contribution in [0.15, 0.2) is 24.3 Å². The van der Waals surface area contributed by atoms with E-state index in [0.29, 0.717) is 30.1 Å². The normalized spacial score (nSPS) is 31.4. The molecule has 5 atom stereocenters. The molecule has 0 aromatic heterocycles. The Morgan fingerprint density at radius 2 is 2.00 bits per heavy atom. The Hall–Kier alpha value is -0.570. The highest BCUT2D eigenvalue weighted by Gasteiger charge is 2.41. The van der Waals surface area contributed by atoms with Crippen LogP contribution >= 0.6 is 11.6 Å². The minimum absolute atomic E-state index is 0.309. The number of ether oxygens (including phenoxy) is 1. The van der Waals surface area contributed by atoms with Crippen molar-refractivity contribution in [1.29, 1.82) is 0 Å². The van der Waals surface area contributed by atoms with E-state index in [1.807, 2.05) is 12.1 Å². The van der Waals surface area contributed by atoms with Gasteiger partial charge in [-0.15, -0.1) is 0 Å². The summed E-state index contributed by atoms with van der Waals surface area (Å²) in [6.45, 7) is 9.84. The summed E-state index contributed by atoms with van der Waals surface area (Å²) in [5.41, 5.74) is 1.29. The fourth-order valence-electron chi connectivity index (χ4n) is 3.51. The van der Waals surface area contributed by atoms with E-state index in [4.69, 9.17) is 16.3 Å². The molecule has 1 aliphatic heterocycles. The van der Waals surface area contributed by atoms with Gasteiger partial charge in [0.2, 0.25) is 0 Å². The zero-order chi connectivity index (χ0) is 14.7. The molecule has 112 valence electrons. The van der Waals surface area contributed by atoms with Crippen molar-refractivity contribution < 1.29 is 4.74 Å². The molecule has 0 spiro atoms. The molecule has 1 saturated heterocycles. The van der Waals surface area contributed by atoms with Crippen LogP contribution in [-0.2, 0) is 11.2 Å². The maximum absolute atomic E-state index is 6.10. The largest absolute Gasteiger partial charge is 0.375 e. The number of rotatable bonds is 5. The summed E-state index contributed by atoms with van der Waals surface area (Å²) in [5.74, 6) is 1.12. The smallest absolute Gasteiger partial charge is 0.0597 e. The van der Waals surface area contributed by atoms with Crippen LogP contribution in [0.4, 0.5) is 0 Å². The van der Waals surface area contributed by atoms with Crippen molar-refractivity contribution in [1.82, 2.24) is 5.32 Å². The molecule has 0 radical (unpaired) electrons. The van der Waals surface area contributed by atoms with Gasteiger partial charge >= 0.3 is 0 Å². The van der Waals surface area contributed by atoms with Gasteiger partial charge in [-0.25, -0.2) is 0 Å². The Kier molecular flexibility index (Phi) is 5.48. The molecule has 1 heterocycles. The average molecular weight is 296 g/mol. The van der Waals surface area contributed by atoms with E-state index in [1.54, 1.807) is 0 Å². The van der Waals surface area contributed by atoms with Gasteiger partial charge in [0.1, 0.15) is 0 Å². The summed E-state index contributed by atoms with van der Waals surface area (Å²) in [7, 11) is 0. The molecular formula is C17H26ClNO. The molecule has 0 amide bonds. The Morgan fingerprint density at radius 3 is 2.55 bits per heavy atom. The van der Waals surface area contributed by atoms with E-state index in [1.165, 1.54) is 5.56 Å². The van der Waals surface area contributed by atoms with Crippen molar-refractivity contribution >= 4 is 11.6 Å². The lowest BCUT2D eigenvalue weighted by molar-refractivity contribution is 0.0476. The van der Waals surface area contributed by atoms with Crippen molar-refractivity contribution in [3.8, 4) is 0 Å². The van der Waals surface area contributed by atoms with E-state index >= 15 is 0 Å². The van der Waals surface area contributed by atoms with Crippen LogP contribution in [0.2, 0.25) is 5.02 Å². The summed E-state index contributed by atoms with van der Waals surface area (Å²) in [5, 5.41) is 4.47. The summed E-state index contributed by atoms with van der Waals surface area (Å²) in [6.07, 6.45) is 1.66. The van der Waals surface area contributed by atoms with Gasteiger partial charge in [-0.3, -0.25) is 0 Å². The maximum Gasteiger partial charge on any atom is 0.0597 e. The summed E-state index contributed by atoms with van der Waals surface area (Å²) in [6, 6.07) is 8.62. The number of halogens is 1. The first kappa shape index (κ1) is 15.8. The topological polar surface area (TPSA) is 21.3 Å². The average Bonchev–Trinajstić information content (AvgIpc) is 2.63. The first-order valence-electron chi connectivity index (χ1n) is 7.66. The fraction of sp³-hybridized carbons (Fsp3) is 0.647. The molecule has 1 aromatic rings. The summed E-state index contributed by atoms with van der Waals surface area (Å²) in [4.78, 5) is 0. The first-order chi connectivity index (χ1) is 9.52. The molecule has 2 nitrogen and oxygen atoms in total. The minimum atomic E-state index is 0.309. The summed E-state index contributed by atoms with van der Waals surface area (Å²) < 4.78 is 6.01. The zero-order valence-corrected chi connectivity index (χ0v) is 13.7. The van der Waals surface area contributed by atoms with Crippen molar-refractivity contribution in [2.75, 3.05) is 6.54 Å². The van der Waals surface area contributed by atoms with Crippen molar-refractivity contribution in [3.05, 3.63) is 34.9 Å². The van der Waals surface area contributed by atoms with Crippen molar-refractivity contribution in [3.63, 3.8) is 0 Å². The lowest BCUT2D eigenvalue weighted by Crippen LogP contribution is -2.43. The van der Waals surface area contributed by atoms with Crippen LogP contribution in [0.5, 0.6) is 0 Å². The Bertz CT molecular complexity index is 437. The highest BCUT2D eigenvalue weighted by Crippen LogP contribution is 2.35. The van der Waals surface area contributed by atoms with Crippen LogP contribution in [-0.4, -0.2) is 24.8 Å². The van der Waals surface area contributed by atoms with Crippen LogP contribution in [0.25, 0.3) is 0 Å². The third-order valence-corrected chi connectivity index (χ3v) is 4.83. The van der Waals surface area contributed by atoms with Crippen molar-refractivity contribution in [2.45, 2.75) is 52.4 Å². The number of likely N-dealkylation sites (N-methyl/N-ethyl adjacent to an activating group) is 1. The molecule has 3 heteroatoms. The highest BCUT2D eigenvalue weighted by atomic mass is 35.5. The van der Waals surface area contributed by atoms with Crippen LogP contribution in [0.3, 0.4) is 0 Å².